The zero-order valence-corrected chi connectivity index (χ0v) is 20.6. The van der Waals surface area contributed by atoms with Gasteiger partial charge in [-0.05, 0) is 43.0 Å². The van der Waals surface area contributed by atoms with Crippen LogP contribution < -0.4 is 10.6 Å². The molecule has 2 aliphatic rings. The number of nitro benzene ring substituents is 1. The molecule has 2 fully saturated rings. The Morgan fingerprint density at radius 3 is 2.68 bits per heavy atom. The van der Waals surface area contributed by atoms with Gasteiger partial charge in [0.1, 0.15) is 0 Å². The Morgan fingerprint density at radius 1 is 1.21 bits per heavy atom. The van der Waals surface area contributed by atoms with E-state index in [1.165, 1.54) is 18.2 Å². The zero-order chi connectivity index (χ0) is 24.3. The number of nitro groups is 1. The molecular weight excluding hydrogens is 499 g/mol. The van der Waals surface area contributed by atoms with Crippen molar-refractivity contribution < 1.29 is 14.5 Å². The van der Waals surface area contributed by atoms with E-state index in [1.54, 1.807) is 34.9 Å². The lowest BCUT2D eigenvalue weighted by Gasteiger charge is -2.39. The van der Waals surface area contributed by atoms with Gasteiger partial charge in [0.15, 0.2) is 0 Å². The molecule has 8 nitrogen and oxygen atoms in total. The molecule has 180 valence electrons. The lowest BCUT2D eigenvalue weighted by molar-refractivity contribution is -0.384. The predicted octanol–water partition coefficient (Wildman–Crippen LogP) is 3.90. The molecule has 0 saturated carbocycles. The first-order valence-corrected chi connectivity index (χ1v) is 12.7. The van der Waals surface area contributed by atoms with E-state index in [2.05, 4.69) is 10.6 Å². The molecule has 4 rings (SSSR count). The number of thioether (sulfide) groups is 1. The number of rotatable bonds is 6. The maximum Gasteiger partial charge on any atom is 0.270 e. The maximum absolute atomic E-state index is 12.8. The van der Waals surface area contributed by atoms with Gasteiger partial charge in [-0.25, -0.2) is 0 Å². The Labute approximate surface area is 211 Å². The van der Waals surface area contributed by atoms with Crippen LogP contribution in [0.1, 0.15) is 28.8 Å². The van der Waals surface area contributed by atoms with Gasteiger partial charge in [0.25, 0.3) is 11.6 Å². The van der Waals surface area contributed by atoms with Crippen molar-refractivity contribution in [1.82, 2.24) is 15.5 Å². The summed E-state index contributed by atoms with van der Waals surface area (Å²) in [6.45, 7) is 1.51. The summed E-state index contributed by atoms with van der Waals surface area (Å²) in [5.74, 6) is 0.396. The first-order chi connectivity index (χ1) is 16.3. The summed E-state index contributed by atoms with van der Waals surface area (Å²) < 4.78 is 0. The van der Waals surface area contributed by atoms with E-state index >= 15 is 0 Å². The zero-order valence-electron chi connectivity index (χ0n) is 18.3. The van der Waals surface area contributed by atoms with E-state index in [9.17, 15) is 19.7 Å². The molecule has 2 amide bonds. The standard InChI is InChI=1S/C23H24Cl2N4O4S/c24-17-5-4-15(19(25)13-17)6-9-26-21(30)20-14-34-23(27-20)7-10-28(11-8-23)22(31)16-2-1-3-18(12-16)29(32)33/h1-5,12-13,20,27H,6-11,14H2,(H,26,30). The molecule has 2 aliphatic heterocycles. The minimum Gasteiger partial charge on any atom is -0.354 e. The van der Waals surface area contributed by atoms with Crippen molar-refractivity contribution in [3.8, 4) is 0 Å². The topological polar surface area (TPSA) is 105 Å². The average Bonchev–Trinajstić information content (AvgIpc) is 3.24. The van der Waals surface area contributed by atoms with E-state index in [-0.39, 0.29) is 28.4 Å². The van der Waals surface area contributed by atoms with Crippen LogP contribution in [0.25, 0.3) is 0 Å². The number of non-ortho nitro benzene ring substituents is 1. The summed E-state index contributed by atoms with van der Waals surface area (Å²) in [6, 6.07) is 10.8. The Hall–Kier alpha value is -2.33. The molecule has 2 saturated heterocycles. The van der Waals surface area contributed by atoms with Crippen molar-refractivity contribution in [2.75, 3.05) is 25.4 Å². The Balaban J connectivity index is 1.26. The highest BCUT2D eigenvalue weighted by Crippen LogP contribution is 2.39. The van der Waals surface area contributed by atoms with Crippen LogP contribution in [0, 0.1) is 10.1 Å². The molecule has 1 unspecified atom stereocenters. The van der Waals surface area contributed by atoms with Crippen LogP contribution in [0.5, 0.6) is 0 Å². The number of piperidine rings is 1. The number of benzene rings is 2. The highest BCUT2D eigenvalue weighted by Gasteiger charge is 2.44. The Kier molecular flexibility index (Phi) is 7.67. The SMILES string of the molecule is O=C(NCCc1ccc(Cl)cc1Cl)C1CSC2(CCN(C(=O)c3cccc([N+](=O)[O-])c3)CC2)N1. The van der Waals surface area contributed by atoms with Crippen molar-refractivity contribution in [2.24, 2.45) is 0 Å². The van der Waals surface area contributed by atoms with Crippen LogP contribution in [-0.2, 0) is 11.2 Å². The summed E-state index contributed by atoms with van der Waals surface area (Å²) in [5, 5.41) is 18.6. The number of hydrogen-bond acceptors (Lipinski definition) is 6. The van der Waals surface area contributed by atoms with Crippen LogP contribution in [0.4, 0.5) is 5.69 Å². The number of carbonyl (C=O) groups excluding carboxylic acids is 2. The van der Waals surface area contributed by atoms with Crippen LogP contribution in [0.15, 0.2) is 42.5 Å². The van der Waals surface area contributed by atoms with E-state index < -0.39 is 4.92 Å². The number of amides is 2. The average molecular weight is 523 g/mol. The number of carbonyl (C=O) groups is 2. The van der Waals surface area contributed by atoms with Crippen LogP contribution >= 0.6 is 35.0 Å². The van der Waals surface area contributed by atoms with Crippen molar-refractivity contribution in [1.29, 1.82) is 0 Å². The van der Waals surface area contributed by atoms with Gasteiger partial charge in [-0.15, -0.1) is 11.8 Å². The van der Waals surface area contributed by atoms with Gasteiger partial charge in [0.05, 0.1) is 15.8 Å². The highest BCUT2D eigenvalue weighted by atomic mass is 35.5. The van der Waals surface area contributed by atoms with Gasteiger partial charge < -0.3 is 10.2 Å². The molecule has 2 heterocycles. The summed E-state index contributed by atoms with van der Waals surface area (Å²) in [7, 11) is 0. The van der Waals surface area contributed by atoms with Crippen LogP contribution in [0.3, 0.4) is 0 Å². The van der Waals surface area contributed by atoms with Gasteiger partial charge in [-0.2, -0.15) is 0 Å². The maximum atomic E-state index is 12.8. The molecular formula is C23H24Cl2N4O4S. The molecule has 1 atom stereocenters. The second-order valence-electron chi connectivity index (χ2n) is 8.38. The summed E-state index contributed by atoms with van der Waals surface area (Å²) in [6.07, 6.45) is 2.01. The number of nitrogens with zero attached hydrogens (tertiary/aromatic N) is 2. The van der Waals surface area contributed by atoms with Crippen LogP contribution in [0.2, 0.25) is 10.0 Å². The lowest BCUT2D eigenvalue weighted by atomic mass is 10.0. The molecule has 0 aromatic heterocycles. The lowest BCUT2D eigenvalue weighted by Crippen LogP contribution is -2.54. The van der Waals surface area contributed by atoms with Gasteiger partial charge in [0.2, 0.25) is 5.91 Å². The van der Waals surface area contributed by atoms with Gasteiger partial charge in [0, 0.05) is 53.1 Å². The molecule has 2 aromatic carbocycles. The van der Waals surface area contributed by atoms with Crippen molar-refractivity contribution in [3.05, 3.63) is 73.8 Å². The first-order valence-electron chi connectivity index (χ1n) is 10.9. The largest absolute Gasteiger partial charge is 0.354 e. The third kappa shape index (κ3) is 5.66. The Bertz CT molecular complexity index is 1110. The predicted molar refractivity (Wildman–Crippen MR) is 134 cm³/mol. The van der Waals surface area contributed by atoms with Crippen molar-refractivity contribution in [3.63, 3.8) is 0 Å². The van der Waals surface area contributed by atoms with E-state index in [0.717, 1.165) is 5.56 Å². The molecule has 1 spiro atoms. The minimum atomic E-state index is -0.504. The van der Waals surface area contributed by atoms with Gasteiger partial charge >= 0.3 is 0 Å². The number of likely N-dealkylation sites (tertiary alicyclic amines) is 1. The monoisotopic (exact) mass is 522 g/mol. The smallest absolute Gasteiger partial charge is 0.270 e. The van der Waals surface area contributed by atoms with Gasteiger partial charge in [-0.3, -0.25) is 25.0 Å². The molecule has 11 heteroatoms. The van der Waals surface area contributed by atoms with Crippen molar-refractivity contribution >= 4 is 52.5 Å². The molecule has 2 N–H and O–H groups in total. The quantitative estimate of drug-likeness (QED) is 0.440. The normalized spacial score (nSPS) is 19.2. The fourth-order valence-electron chi connectivity index (χ4n) is 4.25. The number of nitrogens with one attached hydrogen (secondary N) is 2. The molecule has 2 aromatic rings. The second-order valence-corrected chi connectivity index (χ2v) is 10.6. The fraction of sp³-hybridized carbons (Fsp3) is 0.391. The van der Waals surface area contributed by atoms with E-state index in [4.69, 9.17) is 23.2 Å². The molecule has 0 aliphatic carbocycles. The third-order valence-corrected chi connectivity index (χ3v) is 8.32. The highest BCUT2D eigenvalue weighted by molar-refractivity contribution is 8.01. The number of halogens is 2. The summed E-state index contributed by atoms with van der Waals surface area (Å²) in [4.78, 5) is 37.5. The van der Waals surface area contributed by atoms with Crippen molar-refractivity contribution in [2.45, 2.75) is 30.2 Å². The molecule has 0 radical (unpaired) electrons. The minimum absolute atomic E-state index is 0.0513. The Morgan fingerprint density at radius 2 is 1.97 bits per heavy atom. The molecule has 34 heavy (non-hydrogen) atoms. The summed E-state index contributed by atoms with van der Waals surface area (Å²) >= 11 is 13.8. The van der Waals surface area contributed by atoms with Gasteiger partial charge in [-0.1, -0.05) is 35.3 Å². The first kappa shape index (κ1) is 24.8. The number of hydrogen-bond donors (Lipinski definition) is 2. The van der Waals surface area contributed by atoms with E-state index in [1.807, 2.05) is 6.07 Å². The van der Waals surface area contributed by atoms with Crippen LogP contribution in [-0.4, -0.2) is 57.9 Å². The third-order valence-electron chi connectivity index (χ3n) is 6.15. The van der Waals surface area contributed by atoms with E-state index in [0.29, 0.717) is 60.3 Å². The fourth-order valence-corrected chi connectivity index (χ4v) is 6.17. The summed E-state index contributed by atoms with van der Waals surface area (Å²) in [5.41, 5.74) is 1.15. The second kappa shape index (κ2) is 10.5. The molecule has 0 bridgehead atoms.